The van der Waals surface area contributed by atoms with Crippen molar-refractivity contribution in [1.29, 1.82) is 0 Å². The number of anilines is 3. The van der Waals surface area contributed by atoms with Crippen molar-refractivity contribution in [2.24, 2.45) is 12.5 Å². The highest BCUT2D eigenvalue weighted by Gasteiger charge is 2.44. The molecule has 3 heterocycles. The third-order valence-electron chi connectivity index (χ3n) is 7.68. The first-order valence-electron chi connectivity index (χ1n) is 13.3. The summed E-state index contributed by atoms with van der Waals surface area (Å²) in [4.78, 5) is 19.8. The van der Waals surface area contributed by atoms with Gasteiger partial charge >= 0.3 is 6.18 Å². The number of sulfonamides is 1. The molecule has 10 nitrogen and oxygen atoms in total. The number of hydrogen-bond acceptors (Lipinski definition) is 7. The minimum Gasteiger partial charge on any atom is -0.476 e. The molecular formula is C27H32F3N5O5S. The van der Waals surface area contributed by atoms with Gasteiger partial charge in [-0.05, 0) is 61.4 Å². The van der Waals surface area contributed by atoms with Crippen LogP contribution in [0.15, 0.2) is 36.5 Å². The molecular weight excluding hydrogens is 563 g/mol. The van der Waals surface area contributed by atoms with Crippen molar-refractivity contribution in [2.45, 2.75) is 38.3 Å². The molecule has 0 atom stereocenters. The van der Waals surface area contributed by atoms with Crippen LogP contribution in [0.1, 0.15) is 42.6 Å². The fraction of sp³-hybridized carbons (Fsp3) is 0.481. The molecule has 3 N–H and O–H groups in total. The fourth-order valence-electron chi connectivity index (χ4n) is 5.16. The number of piperidine rings is 1. The second-order valence-electron chi connectivity index (χ2n) is 10.7. The number of alkyl halides is 3. The molecule has 1 amide bonds. The van der Waals surface area contributed by atoms with Crippen LogP contribution < -0.4 is 19.7 Å². The number of benzene rings is 1. The summed E-state index contributed by atoms with van der Waals surface area (Å²) in [5.41, 5.74) is 2.16. The molecule has 1 saturated heterocycles. The van der Waals surface area contributed by atoms with Crippen LogP contribution >= 0.6 is 0 Å². The quantitative estimate of drug-likeness (QED) is 0.320. The number of aliphatic hydroxyl groups excluding tert-OH is 1. The molecule has 1 saturated carbocycles. The van der Waals surface area contributed by atoms with Crippen LogP contribution in [-0.2, 0) is 17.1 Å². The van der Waals surface area contributed by atoms with Gasteiger partial charge in [-0.2, -0.15) is 13.2 Å². The van der Waals surface area contributed by atoms with Gasteiger partial charge in [-0.25, -0.2) is 13.4 Å². The number of fused-ring (bicyclic) bond motifs is 1. The Balaban J connectivity index is 1.42. The smallest absolute Gasteiger partial charge is 0.392 e. The number of halogens is 3. The van der Waals surface area contributed by atoms with Crippen molar-refractivity contribution in [3.63, 3.8) is 0 Å². The monoisotopic (exact) mass is 595 g/mol. The summed E-state index contributed by atoms with van der Waals surface area (Å²) in [6.45, 7) is 0.309. The molecule has 1 aliphatic carbocycles. The highest BCUT2D eigenvalue weighted by molar-refractivity contribution is 7.92. The van der Waals surface area contributed by atoms with E-state index >= 15 is 0 Å². The van der Waals surface area contributed by atoms with Gasteiger partial charge < -0.3 is 24.6 Å². The predicted molar refractivity (Wildman–Crippen MR) is 149 cm³/mol. The summed E-state index contributed by atoms with van der Waals surface area (Å²) >= 11 is 0. The van der Waals surface area contributed by atoms with E-state index in [9.17, 15) is 26.4 Å². The van der Waals surface area contributed by atoms with Gasteiger partial charge in [0.2, 0.25) is 15.9 Å². The van der Waals surface area contributed by atoms with E-state index in [0.29, 0.717) is 33.4 Å². The highest BCUT2D eigenvalue weighted by Crippen LogP contribution is 2.54. The summed E-state index contributed by atoms with van der Waals surface area (Å²) in [6.07, 6.45) is 0.523. The molecule has 1 aliphatic heterocycles. The summed E-state index contributed by atoms with van der Waals surface area (Å²) in [6, 6.07) is 8.00. The normalized spacial score (nSPS) is 16.7. The van der Waals surface area contributed by atoms with Crippen molar-refractivity contribution in [3.8, 4) is 5.88 Å². The van der Waals surface area contributed by atoms with E-state index in [4.69, 9.17) is 9.84 Å². The van der Waals surface area contributed by atoms with Crippen molar-refractivity contribution in [1.82, 2.24) is 9.55 Å². The molecule has 222 valence electrons. The molecule has 0 bridgehead atoms. The zero-order valence-corrected chi connectivity index (χ0v) is 23.3. The Morgan fingerprint density at radius 3 is 2.54 bits per heavy atom. The number of aliphatic hydroxyl groups is 1. The van der Waals surface area contributed by atoms with Crippen LogP contribution in [0.4, 0.5) is 30.2 Å². The SMILES string of the molecule is Cn1ccc2cc(C(=O)Nc3ccc(NS(=O)(=O)CCO)cc3N3CCC4(CC3)CC4)nc(OCCC(F)(F)F)c21. The van der Waals surface area contributed by atoms with E-state index in [1.54, 1.807) is 36.0 Å². The third-order valence-corrected chi connectivity index (χ3v) is 8.95. The molecule has 5 rings (SSSR count). The van der Waals surface area contributed by atoms with E-state index in [1.807, 2.05) is 0 Å². The van der Waals surface area contributed by atoms with Gasteiger partial charge in [-0.3, -0.25) is 9.52 Å². The number of pyridine rings is 1. The summed E-state index contributed by atoms with van der Waals surface area (Å²) < 4.78 is 72.2. The van der Waals surface area contributed by atoms with Crippen LogP contribution in [0.5, 0.6) is 5.88 Å². The second kappa shape index (κ2) is 11.0. The Bertz CT molecular complexity index is 1540. The number of nitrogens with one attached hydrogen (secondary N) is 2. The van der Waals surface area contributed by atoms with Gasteiger partial charge in [0.25, 0.3) is 5.91 Å². The van der Waals surface area contributed by atoms with Gasteiger partial charge in [0.15, 0.2) is 0 Å². The minimum absolute atomic E-state index is 0.0417. The van der Waals surface area contributed by atoms with E-state index in [1.165, 1.54) is 25.0 Å². The molecule has 0 radical (unpaired) electrons. The van der Waals surface area contributed by atoms with Crippen LogP contribution in [0.25, 0.3) is 10.9 Å². The maximum absolute atomic E-state index is 13.4. The number of carbonyl (C=O) groups excluding carboxylic acids is 1. The molecule has 3 aromatic rings. The lowest BCUT2D eigenvalue weighted by atomic mass is 9.93. The molecule has 2 aliphatic rings. The lowest BCUT2D eigenvalue weighted by Crippen LogP contribution is -2.35. The Kier molecular flexibility index (Phi) is 7.81. The van der Waals surface area contributed by atoms with Crippen molar-refractivity contribution >= 4 is 43.9 Å². The standard InChI is InChI=1S/C27H32F3N5O5S/c1-34-10-4-18-16-21(32-25(23(18)34)40-14-9-27(28,29)30)24(37)31-20-3-2-19(33-41(38,39)15-13-36)17-22(20)35-11-7-26(5-6-26)8-12-35/h2-4,10,16-17,33,36H,5-9,11-15H2,1H3,(H,31,37). The Morgan fingerprint density at radius 1 is 1.15 bits per heavy atom. The number of aromatic nitrogens is 2. The maximum Gasteiger partial charge on any atom is 0.392 e. The van der Waals surface area contributed by atoms with E-state index in [2.05, 4.69) is 19.9 Å². The van der Waals surface area contributed by atoms with Gasteiger partial charge in [-0.1, -0.05) is 0 Å². The van der Waals surface area contributed by atoms with Gasteiger partial charge in [0.05, 0.1) is 42.4 Å². The molecule has 0 unspecified atom stereocenters. The number of carbonyl (C=O) groups is 1. The lowest BCUT2D eigenvalue weighted by Gasteiger charge is -2.35. The molecule has 41 heavy (non-hydrogen) atoms. The molecule has 1 spiro atoms. The number of aryl methyl sites for hydroxylation is 1. The van der Waals surface area contributed by atoms with Gasteiger partial charge in [-0.15, -0.1) is 0 Å². The fourth-order valence-corrected chi connectivity index (χ4v) is 5.99. The summed E-state index contributed by atoms with van der Waals surface area (Å²) in [7, 11) is -2.06. The van der Waals surface area contributed by atoms with Crippen molar-refractivity contribution in [3.05, 3.63) is 42.2 Å². The number of amides is 1. The average Bonchev–Trinajstić information content (AvgIpc) is 3.54. The Hall–Kier alpha value is -3.52. The number of hydrogen-bond donors (Lipinski definition) is 3. The zero-order chi connectivity index (χ0) is 29.4. The van der Waals surface area contributed by atoms with Crippen molar-refractivity contribution < 1.29 is 36.2 Å². The number of rotatable bonds is 10. The molecule has 1 aromatic carbocycles. The average molecular weight is 596 g/mol. The number of nitrogens with zero attached hydrogens (tertiary/aromatic N) is 3. The largest absolute Gasteiger partial charge is 0.476 e. The van der Waals surface area contributed by atoms with E-state index in [0.717, 1.165) is 25.9 Å². The topological polar surface area (TPSA) is 126 Å². The molecule has 14 heteroatoms. The van der Waals surface area contributed by atoms with Crippen LogP contribution in [0, 0.1) is 5.41 Å². The second-order valence-corrected chi connectivity index (χ2v) is 12.6. The summed E-state index contributed by atoms with van der Waals surface area (Å²) in [5, 5.41) is 12.5. The first-order chi connectivity index (χ1) is 19.4. The predicted octanol–water partition coefficient (Wildman–Crippen LogP) is 4.27. The Labute approximate surface area is 235 Å². The molecule has 2 fully saturated rings. The van der Waals surface area contributed by atoms with E-state index in [-0.39, 0.29) is 11.6 Å². The minimum atomic E-state index is -4.40. The maximum atomic E-state index is 13.4. The molecule has 2 aromatic heterocycles. The van der Waals surface area contributed by atoms with Gasteiger partial charge in [0.1, 0.15) is 11.2 Å². The van der Waals surface area contributed by atoms with Crippen LogP contribution in [0.2, 0.25) is 0 Å². The Morgan fingerprint density at radius 2 is 1.88 bits per heavy atom. The van der Waals surface area contributed by atoms with E-state index < -0.39 is 47.5 Å². The zero-order valence-electron chi connectivity index (χ0n) is 22.5. The highest BCUT2D eigenvalue weighted by atomic mass is 32.2. The lowest BCUT2D eigenvalue weighted by molar-refractivity contribution is -0.139. The first-order valence-corrected chi connectivity index (χ1v) is 15.0. The van der Waals surface area contributed by atoms with Crippen molar-refractivity contribution in [2.75, 3.05) is 47.0 Å². The number of ether oxygens (including phenoxy) is 1. The van der Waals surface area contributed by atoms with Crippen LogP contribution in [0.3, 0.4) is 0 Å². The van der Waals surface area contributed by atoms with Crippen LogP contribution in [-0.4, -0.2) is 67.2 Å². The van der Waals surface area contributed by atoms with Gasteiger partial charge in [0, 0.05) is 31.7 Å². The first kappa shape index (κ1) is 29.0. The summed E-state index contributed by atoms with van der Waals surface area (Å²) in [5.74, 6) is -1.13. The third kappa shape index (κ3) is 6.87.